The van der Waals surface area contributed by atoms with Gasteiger partial charge in [0.25, 0.3) is 0 Å². The number of piperidine rings is 1. The van der Waals surface area contributed by atoms with Crippen LogP contribution in [-0.4, -0.2) is 48.6 Å². The summed E-state index contributed by atoms with van der Waals surface area (Å²) in [4.78, 5) is 2.37. The Morgan fingerprint density at radius 3 is 2.57 bits per heavy atom. The molecule has 0 radical (unpaired) electrons. The van der Waals surface area contributed by atoms with Crippen LogP contribution in [0.3, 0.4) is 0 Å². The van der Waals surface area contributed by atoms with Crippen molar-refractivity contribution in [1.29, 1.82) is 0 Å². The Morgan fingerprint density at radius 2 is 1.86 bits per heavy atom. The zero-order valence-electron chi connectivity index (χ0n) is 16.8. The lowest BCUT2D eigenvalue weighted by Crippen LogP contribution is -2.58. The SMILES string of the molecule is COc1ccc(C2=NN3[C@H](C2)c2cc(C)ccc2OC32CCN(C)CC2)cc1. The minimum absolute atomic E-state index is 0.240. The fourth-order valence-corrected chi connectivity index (χ4v) is 4.66. The molecule has 0 aliphatic carbocycles. The van der Waals surface area contributed by atoms with E-state index in [-0.39, 0.29) is 11.8 Å². The number of hydrazone groups is 1. The van der Waals surface area contributed by atoms with Crippen LogP contribution in [0.1, 0.15) is 42.0 Å². The number of fused-ring (bicyclic) bond motifs is 4. The third-order valence-electron chi connectivity index (χ3n) is 6.34. The number of ether oxygens (including phenoxy) is 2. The zero-order valence-corrected chi connectivity index (χ0v) is 16.8. The molecule has 5 heteroatoms. The number of nitrogens with zero attached hydrogens (tertiary/aromatic N) is 3. The Balaban J connectivity index is 1.56. The lowest BCUT2D eigenvalue weighted by Gasteiger charge is -2.50. The lowest BCUT2D eigenvalue weighted by molar-refractivity contribution is -0.147. The number of rotatable bonds is 2. The van der Waals surface area contributed by atoms with Crippen molar-refractivity contribution in [2.24, 2.45) is 5.10 Å². The first-order chi connectivity index (χ1) is 13.6. The topological polar surface area (TPSA) is 37.3 Å². The van der Waals surface area contributed by atoms with Crippen LogP contribution in [0.2, 0.25) is 0 Å². The van der Waals surface area contributed by atoms with E-state index in [1.807, 2.05) is 12.1 Å². The van der Waals surface area contributed by atoms with Crippen LogP contribution in [0.25, 0.3) is 0 Å². The molecule has 2 aromatic carbocycles. The monoisotopic (exact) mass is 377 g/mol. The Labute approximate surface area is 166 Å². The van der Waals surface area contributed by atoms with Crippen LogP contribution in [0.5, 0.6) is 11.5 Å². The summed E-state index contributed by atoms with van der Waals surface area (Å²) in [6, 6.07) is 15.0. The molecule has 0 aromatic heterocycles. The fraction of sp³-hybridized carbons (Fsp3) is 0.435. The first-order valence-corrected chi connectivity index (χ1v) is 10.1. The maximum atomic E-state index is 6.67. The molecule has 5 rings (SSSR count). The highest BCUT2D eigenvalue weighted by Gasteiger charge is 2.51. The molecule has 3 heterocycles. The van der Waals surface area contributed by atoms with Crippen LogP contribution in [-0.2, 0) is 0 Å². The molecule has 5 nitrogen and oxygen atoms in total. The number of methoxy groups -OCH3 is 1. The Hall–Kier alpha value is -2.53. The molecular formula is C23H27N3O2. The second kappa shape index (κ2) is 6.52. The smallest absolute Gasteiger partial charge is 0.200 e. The van der Waals surface area contributed by atoms with Gasteiger partial charge >= 0.3 is 0 Å². The highest BCUT2D eigenvalue weighted by molar-refractivity contribution is 6.02. The molecule has 146 valence electrons. The average Bonchev–Trinajstić information content (AvgIpc) is 3.18. The quantitative estimate of drug-likeness (QED) is 0.794. The van der Waals surface area contributed by atoms with Crippen molar-refractivity contribution in [2.45, 2.75) is 38.0 Å². The molecule has 0 amide bonds. The van der Waals surface area contributed by atoms with Gasteiger partial charge in [-0.2, -0.15) is 5.10 Å². The first-order valence-electron chi connectivity index (χ1n) is 10.1. The molecule has 0 unspecified atom stereocenters. The predicted molar refractivity (Wildman–Crippen MR) is 110 cm³/mol. The van der Waals surface area contributed by atoms with Crippen molar-refractivity contribution < 1.29 is 9.47 Å². The molecular weight excluding hydrogens is 350 g/mol. The minimum Gasteiger partial charge on any atom is -0.497 e. The van der Waals surface area contributed by atoms with Gasteiger partial charge in [0.15, 0.2) is 0 Å². The van der Waals surface area contributed by atoms with E-state index in [1.165, 1.54) is 11.1 Å². The second-order valence-corrected chi connectivity index (χ2v) is 8.23. The minimum atomic E-state index is -0.340. The van der Waals surface area contributed by atoms with Gasteiger partial charge in [-0.15, -0.1) is 0 Å². The normalized spacial score (nSPS) is 23.0. The van der Waals surface area contributed by atoms with E-state index in [0.29, 0.717) is 0 Å². The van der Waals surface area contributed by atoms with Gasteiger partial charge in [-0.25, -0.2) is 5.01 Å². The average molecular weight is 377 g/mol. The first kappa shape index (κ1) is 17.6. The maximum Gasteiger partial charge on any atom is 0.200 e. The van der Waals surface area contributed by atoms with Crippen molar-refractivity contribution in [3.05, 3.63) is 59.2 Å². The lowest BCUT2D eigenvalue weighted by atomic mass is 9.90. The standard InChI is InChI=1S/C23H27N3O2/c1-16-4-9-22-19(14-16)21-15-20(17-5-7-18(27-3)8-6-17)24-26(21)23(28-22)10-12-25(2)13-11-23/h4-9,14,21H,10-13,15H2,1-3H3/t21-/m1/s1. The van der Waals surface area contributed by atoms with Crippen molar-refractivity contribution in [2.75, 3.05) is 27.2 Å². The third-order valence-corrected chi connectivity index (χ3v) is 6.34. The van der Waals surface area contributed by atoms with E-state index in [1.54, 1.807) is 7.11 Å². The van der Waals surface area contributed by atoms with Crippen LogP contribution in [0.4, 0.5) is 0 Å². The molecule has 0 bridgehead atoms. The molecule has 1 atom stereocenters. The Bertz CT molecular complexity index is 914. The summed E-state index contributed by atoms with van der Waals surface area (Å²) in [6.45, 7) is 4.19. The molecule has 3 aliphatic rings. The van der Waals surface area contributed by atoms with Crippen molar-refractivity contribution in [3.63, 3.8) is 0 Å². The predicted octanol–water partition coefficient (Wildman–Crippen LogP) is 3.97. The van der Waals surface area contributed by atoms with Crippen LogP contribution >= 0.6 is 0 Å². The number of aryl methyl sites for hydroxylation is 1. The molecule has 1 saturated heterocycles. The zero-order chi connectivity index (χ0) is 19.3. The molecule has 28 heavy (non-hydrogen) atoms. The molecule has 3 aliphatic heterocycles. The van der Waals surface area contributed by atoms with Gasteiger partial charge < -0.3 is 14.4 Å². The summed E-state index contributed by atoms with van der Waals surface area (Å²) in [5.74, 6) is 1.90. The fourth-order valence-electron chi connectivity index (χ4n) is 4.66. The number of benzene rings is 2. The summed E-state index contributed by atoms with van der Waals surface area (Å²) in [6.07, 6.45) is 2.84. The van der Waals surface area contributed by atoms with E-state index in [2.05, 4.69) is 54.2 Å². The largest absolute Gasteiger partial charge is 0.497 e. The highest BCUT2D eigenvalue weighted by Crippen LogP contribution is 2.50. The maximum absolute atomic E-state index is 6.67. The van der Waals surface area contributed by atoms with E-state index in [4.69, 9.17) is 14.6 Å². The van der Waals surface area contributed by atoms with Gasteiger partial charge in [0.1, 0.15) is 11.5 Å². The van der Waals surface area contributed by atoms with Crippen molar-refractivity contribution >= 4 is 5.71 Å². The molecule has 1 fully saturated rings. The highest BCUT2D eigenvalue weighted by atomic mass is 16.5. The third kappa shape index (κ3) is 2.76. The van der Waals surface area contributed by atoms with Gasteiger partial charge in [0.2, 0.25) is 5.72 Å². The summed E-state index contributed by atoms with van der Waals surface area (Å²) in [5, 5.41) is 7.41. The van der Waals surface area contributed by atoms with Gasteiger partial charge in [0.05, 0.1) is 18.9 Å². The number of likely N-dealkylation sites (tertiary alicyclic amines) is 1. The van der Waals surface area contributed by atoms with Gasteiger partial charge in [-0.3, -0.25) is 0 Å². The molecule has 2 aromatic rings. The van der Waals surface area contributed by atoms with E-state index >= 15 is 0 Å². The molecule has 1 spiro atoms. The summed E-state index contributed by atoms with van der Waals surface area (Å²) in [7, 11) is 3.88. The van der Waals surface area contributed by atoms with Gasteiger partial charge in [-0.1, -0.05) is 17.7 Å². The number of hydrogen-bond acceptors (Lipinski definition) is 5. The summed E-state index contributed by atoms with van der Waals surface area (Å²) in [5.41, 5.74) is 4.47. The Morgan fingerprint density at radius 1 is 1.11 bits per heavy atom. The summed E-state index contributed by atoms with van der Waals surface area (Å²) >= 11 is 0. The molecule has 0 saturated carbocycles. The van der Waals surface area contributed by atoms with Crippen LogP contribution in [0, 0.1) is 6.92 Å². The van der Waals surface area contributed by atoms with Crippen molar-refractivity contribution in [1.82, 2.24) is 9.91 Å². The summed E-state index contributed by atoms with van der Waals surface area (Å²) < 4.78 is 12.0. The van der Waals surface area contributed by atoms with Gasteiger partial charge in [-0.05, 0) is 49.9 Å². The molecule has 0 N–H and O–H groups in total. The number of hydrogen-bond donors (Lipinski definition) is 0. The van der Waals surface area contributed by atoms with Crippen LogP contribution < -0.4 is 9.47 Å². The van der Waals surface area contributed by atoms with Crippen LogP contribution in [0.15, 0.2) is 47.6 Å². The Kier molecular flexibility index (Phi) is 4.09. The second-order valence-electron chi connectivity index (χ2n) is 8.23. The van der Waals surface area contributed by atoms with Crippen molar-refractivity contribution in [3.8, 4) is 11.5 Å². The van der Waals surface area contributed by atoms with E-state index < -0.39 is 0 Å². The van der Waals surface area contributed by atoms with Gasteiger partial charge in [0, 0.05) is 37.9 Å². The van der Waals surface area contributed by atoms with E-state index in [9.17, 15) is 0 Å². The van der Waals surface area contributed by atoms with E-state index in [0.717, 1.165) is 55.1 Å².